The molecule has 0 radical (unpaired) electrons. The number of carbonyl (C=O) groups is 1. The molecule has 0 bridgehead atoms. The summed E-state index contributed by atoms with van der Waals surface area (Å²) in [6, 6.07) is 14.8. The first-order valence-corrected chi connectivity index (χ1v) is 10.0. The van der Waals surface area contributed by atoms with Gasteiger partial charge in [-0.1, -0.05) is 30.7 Å². The number of aromatic nitrogens is 1. The number of hydrogen-bond donors (Lipinski definition) is 2. The predicted octanol–water partition coefficient (Wildman–Crippen LogP) is 4.11. The molecule has 2 aliphatic heterocycles. The van der Waals surface area contributed by atoms with E-state index in [1.54, 1.807) is 0 Å². The van der Waals surface area contributed by atoms with E-state index >= 15 is 0 Å². The van der Waals surface area contributed by atoms with Crippen LogP contribution in [0.3, 0.4) is 0 Å². The van der Waals surface area contributed by atoms with Gasteiger partial charge in [0.15, 0.2) is 0 Å². The highest BCUT2D eigenvalue weighted by atomic mass is 16.1. The van der Waals surface area contributed by atoms with Crippen LogP contribution >= 0.6 is 0 Å². The number of carbonyl (C=O) groups excluding carboxylic acids is 1. The summed E-state index contributed by atoms with van der Waals surface area (Å²) >= 11 is 0. The van der Waals surface area contributed by atoms with Gasteiger partial charge in [0.05, 0.1) is 0 Å². The molecule has 0 saturated carbocycles. The molecule has 27 heavy (non-hydrogen) atoms. The monoisotopic (exact) mass is 359 g/mol. The first-order valence-electron chi connectivity index (χ1n) is 10.0. The quantitative estimate of drug-likeness (QED) is 0.739. The zero-order chi connectivity index (χ0) is 18.2. The number of aromatic amines is 1. The molecular formula is C23H25N3O. The highest BCUT2D eigenvalue weighted by Crippen LogP contribution is 2.34. The van der Waals surface area contributed by atoms with E-state index in [1.807, 2.05) is 12.1 Å². The van der Waals surface area contributed by atoms with Gasteiger partial charge in [-0.15, -0.1) is 0 Å². The lowest BCUT2D eigenvalue weighted by atomic mass is 9.99. The maximum Gasteiger partial charge on any atom is 0.251 e. The summed E-state index contributed by atoms with van der Waals surface area (Å²) in [7, 11) is 0. The van der Waals surface area contributed by atoms with Crippen molar-refractivity contribution < 1.29 is 4.79 Å². The third-order valence-electron chi connectivity index (χ3n) is 5.90. The van der Waals surface area contributed by atoms with Crippen LogP contribution < -0.4 is 5.32 Å². The van der Waals surface area contributed by atoms with Gasteiger partial charge in [-0.3, -0.25) is 9.69 Å². The predicted molar refractivity (Wildman–Crippen MR) is 109 cm³/mol. The minimum Gasteiger partial charge on any atom is -0.354 e. The molecule has 4 heteroatoms. The van der Waals surface area contributed by atoms with Gasteiger partial charge in [-0.05, 0) is 67.2 Å². The van der Waals surface area contributed by atoms with Crippen LogP contribution in [0.5, 0.6) is 0 Å². The van der Waals surface area contributed by atoms with Crippen LogP contribution in [0, 0.1) is 0 Å². The summed E-state index contributed by atoms with van der Waals surface area (Å²) in [5, 5.41) is 4.11. The van der Waals surface area contributed by atoms with Gasteiger partial charge in [0, 0.05) is 35.2 Å². The van der Waals surface area contributed by atoms with Crippen molar-refractivity contribution >= 4 is 16.8 Å². The molecule has 0 atom stereocenters. The number of nitrogens with zero attached hydrogens (tertiary/aromatic N) is 1. The van der Waals surface area contributed by atoms with E-state index in [2.05, 4.69) is 45.5 Å². The topological polar surface area (TPSA) is 48.1 Å². The van der Waals surface area contributed by atoms with E-state index in [9.17, 15) is 4.79 Å². The number of piperidine rings is 1. The Labute approximate surface area is 159 Å². The average molecular weight is 359 g/mol. The highest BCUT2D eigenvalue weighted by Gasteiger charge is 2.22. The largest absolute Gasteiger partial charge is 0.354 e. The fraction of sp³-hybridized carbons (Fsp3) is 0.348. The van der Waals surface area contributed by atoms with Crippen LogP contribution in [0.15, 0.2) is 42.5 Å². The number of nitrogens with one attached hydrogen (secondary N) is 2. The van der Waals surface area contributed by atoms with Crippen LogP contribution in [-0.4, -0.2) is 35.4 Å². The summed E-state index contributed by atoms with van der Waals surface area (Å²) in [5.41, 5.74) is 6.84. The molecule has 138 valence electrons. The number of H-pyrrole nitrogens is 1. The molecule has 1 saturated heterocycles. The van der Waals surface area contributed by atoms with Crippen molar-refractivity contribution in [3.63, 3.8) is 0 Å². The van der Waals surface area contributed by atoms with Crippen LogP contribution in [0.4, 0.5) is 0 Å². The number of rotatable bonds is 3. The van der Waals surface area contributed by atoms with E-state index in [4.69, 9.17) is 0 Å². The SMILES string of the molecule is O=C1NCCc2c(-c3cccc(CN4CCCCC4)c3)[nH]c3cccc1c23. The van der Waals surface area contributed by atoms with E-state index in [1.165, 1.54) is 49.0 Å². The Bertz CT molecular complexity index is 998. The van der Waals surface area contributed by atoms with Gasteiger partial charge in [0.25, 0.3) is 5.91 Å². The maximum absolute atomic E-state index is 12.4. The molecule has 1 fully saturated rings. The average Bonchev–Trinajstić information content (AvgIpc) is 2.98. The van der Waals surface area contributed by atoms with Crippen molar-refractivity contribution in [3.05, 3.63) is 59.2 Å². The fourth-order valence-electron chi connectivity index (χ4n) is 4.60. The van der Waals surface area contributed by atoms with E-state index in [0.717, 1.165) is 35.1 Å². The van der Waals surface area contributed by atoms with Crippen molar-refractivity contribution in [1.29, 1.82) is 0 Å². The Balaban J connectivity index is 1.55. The molecule has 4 nitrogen and oxygen atoms in total. The van der Waals surface area contributed by atoms with Gasteiger partial charge >= 0.3 is 0 Å². The zero-order valence-corrected chi connectivity index (χ0v) is 15.6. The first-order chi connectivity index (χ1) is 13.3. The molecule has 2 aromatic carbocycles. The minimum absolute atomic E-state index is 0.0312. The minimum atomic E-state index is 0.0312. The summed E-state index contributed by atoms with van der Waals surface area (Å²) < 4.78 is 0. The number of benzene rings is 2. The lowest BCUT2D eigenvalue weighted by molar-refractivity contribution is 0.0957. The second kappa shape index (κ2) is 6.86. The lowest BCUT2D eigenvalue weighted by Crippen LogP contribution is -2.29. The van der Waals surface area contributed by atoms with Crippen molar-refractivity contribution in [2.24, 2.45) is 0 Å². The lowest BCUT2D eigenvalue weighted by Gasteiger charge is -2.26. The molecule has 2 aliphatic rings. The molecule has 3 heterocycles. The molecule has 1 amide bonds. The number of amides is 1. The molecule has 1 aromatic heterocycles. The number of likely N-dealkylation sites (tertiary alicyclic amines) is 1. The van der Waals surface area contributed by atoms with Gasteiger partial charge in [-0.25, -0.2) is 0 Å². The summed E-state index contributed by atoms with van der Waals surface area (Å²) in [4.78, 5) is 18.5. The molecule has 0 unspecified atom stereocenters. The van der Waals surface area contributed by atoms with Crippen LogP contribution in [-0.2, 0) is 13.0 Å². The Morgan fingerprint density at radius 1 is 1.00 bits per heavy atom. The fourth-order valence-corrected chi connectivity index (χ4v) is 4.60. The Kier molecular flexibility index (Phi) is 4.21. The smallest absolute Gasteiger partial charge is 0.251 e. The van der Waals surface area contributed by atoms with Gasteiger partial charge in [-0.2, -0.15) is 0 Å². The van der Waals surface area contributed by atoms with E-state index < -0.39 is 0 Å². The normalized spacial score (nSPS) is 17.7. The third kappa shape index (κ3) is 3.04. The van der Waals surface area contributed by atoms with Crippen LogP contribution in [0.1, 0.15) is 40.7 Å². The summed E-state index contributed by atoms with van der Waals surface area (Å²) in [5.74, 6) is 0.0312. The molecule has 3 aromatic rings. The molecule has 0 spiro atoms. The van der Waals surface area contributed by atoms with Gasteiger partial charge in [0.2, 0.25) is 0 Å². The summed E-state index contributed by atoms with van der Waals surface area (Å²) in [6.07, 6.45) is 4.85. The second-order valence-corrected chi connectivity index (χ2v) is 7.75. The van der Waals surface area contributed by atoms with Gasteiger partial charge in [0.1, 0.15) is 0 Å². The van der Waals surface area contributed by atoms with E-state index in [-0.39, 0.29) is 5.91 Å². The Hall–Kier alpha value is -2.59. The van der Waals surface area contributed by atoms with Gasteiger partial charge < -0.3 is 10.3 Å². The molecule has 0 aliphatic carbocycles. The van der Waals surface area contributed by atoms with Crippen LogP contribution in [0.25, 0.3) is 22.2 Å². The van der Waals surface area contributed by atoms with Crippen molar-refractivity contribution in [3.8, 4) is 11.3 Å². The standard InChI is InChI=1S/C23H25N3O/c27-23-19-8-5-9-20-21(19)18(10-11-24-23)22(25-20)17-7-4-6-16(14-17)15-26-12-2-1-3-13-26/h4-9,14,25H,1-3,10-13,15H2,(H,24,27). The number of hydrogen-bond acceptors (Lipinski definition) is 2. The molecule has 2 N–H and O–H groups in total. The van der Waals surface area contributed by atoms with Crippen LogP contribution in [0.2, 0.25) is 0 Å². The Morgan fingerprint density at radius 2 is 1.85 bits per heavy atom. The van der Waals surface area contributed by atoms with Crippen molar-refractivity contribution in [1.82, 2.24) is 15.2 Å². The zero-order valence-electron chi connectivity index (χ0n) is 15.6. The first kappa shape index (κ1) is 16.6. The highest BCUT2D eigenvalue weighted by molar-refractivity contribution is 6.10. The molecular weight excluding hydrogens is 334 g/mol. The Morgan fingerprint density at radius 3 is 2.74 bits per heavy atom. The summed E-state index contributed by atoms with van der Waals surface area (Å²) in [6.45, 7) is 4.12. The van der Waals surface area contributed by atoms with Crippen molar-refractivity contribution in [2.45, 2.75) is 32.2 Å². The second-order valence-electron chi connectivity index (χ2n) is 7.75. The third-order valence-corrected chi connectivity index (χ3v) is 5.90. The van der Waals surface area contributed by atoms with E-state index in [0.29, 0.717) is 6.54 Å². The van der Waals surface area contributed by atoms with Crippen molar-refractivity contribution in [2.75, 3.05) is 19.6 Å². The maximum atomic E-state index is 12.4. The molecule has 5 rings (SSSR count).